The molecule has 0 aliphatic carbocycles. The number of hydrogen-bond donors (Lipinski definition) is 2. The van der Waals surface area contributed by atoms with Crippen LogP contribution in [0.3, 0.4) is 0 Å². The van der Waals surface area contributed by atoms with Gasteiger partial charge in [-0.25, -0.2) is 4.99 Å². The molecule has 1 aliphatic rings. The summed E-state index contributed by atoms with van der Waals surface area (Å²) in [5.74, 6) is 3.96. The number of ether oxygens (including phenoxy) is 1. The van der Waals surface area contributed by atoms with Crippen molar-refractivity contribution < 1.29 is 4.74 Å². The number of fused-ring (bicyclic) bond motifs is 1. The third kappa shape index (κ3) is 6.21. The van der Waals surface area contributed by atoms with Crippen LogP contribution in [0.2, 0.25) is 0 Å². The highest BCUT2D eigenvalue weighted by Crippen LogP contribution is 2.21. The van der Waals surface area contributed by atoms with Gasteiger partial charge in [0, 0.05) is 38.0 Å². The fourth-order valence-electron chi connectivity index (χ4n) is 3.67. The second-order valence-corrected chi connectivity index (χ2v) is 7.83. The van der Waals surface area contributed by atoms with E-state index in [2.05, 4.69) is 64.4 Å². The van der Waals surface area contributed by atoms with E-state index in [0.29, 0.717) is 6.54 Å². The van der Waals surface area contributed by atoms with Crippen LogP contribution in [0.4, 0.5) is 0 Å². The minimum atomic E-state index is 0.578. The van der Waals surface area contributed by atoms with Crippen LogP contribution in [0.15, 0.2) is 23.2 Å². The lowest BCUT2D eigenvalue weighted by molar-refractivity contribution is 0.314. The Labute approximate surface area is 180 Å². The van der Waals surface area contributed by atoms with Crippen molar-refractivity contribution >= 4 is 5.96 Å². The van der Waals surface area contributed by atoms with Crippen molar-refractivity contribution in [3.8, 4) is 5.75 Å². The van der Waals surface area contributed by atoms with Crippen LogP contribution in [0.1, 0.15) is 62.3 Å². The quantitative estimate of drug-likeness (QED) is 0.488. The summed E-state index contributed by atoms with van der Waals surface area (Å²) < 4.78 is 8.23. The first-order chi connectivity index (χ1) is 14.7. The summed E-state index contributed by atoms with van der Waals surface area (Å²) in [6.07, 6.45) is 6.59. The molecule has 7 heteroatoms. The van der Waals surface area contributed by atoms with E-state index in [9.17, 15) is 0 Å². The largest absolute Gasteiger partial charge is 0.493 e. The van der Waals surface area contributed by atoms with E-state index < -0.39 is 0 Å². The predicted molar refractivity (Wildman–Crippen MR) is 121 cm³/mol. The Kier molecular flexibility index (Phi) is 8.53. The van der Waals surface area contributed by atoms with Crippen molar-refractivity contribution in [1.29, 1.82) is 0 Å². The van der Waals surface area contributed by atoms with Gasteiger partial charge in [-0.2, -0.15) is 0 Å². The molecule has 1 aliphatic heterocycles. The van der Waals surface area contributed by atoms with Crippen molar-refractivity contribution in [3.63, 3.8) is 0 Å². The van der Waals surface area contributed by atoms with Gasteiger partial charge in [-0.1, -0.05) is 25.5 Å². The Bertz CT molecular complexity index is 829. The summed E-state index contributed by atoms with van der Waals surface area (Å²) in [6.45, 7) is 10.2. The van der Waals surface area contributed by atoms with E-state index in [1.165, 1.54) is 24.8 Å². The van der Waals surface area contributed by atoms with E-state index in [4.69, 9.17) is 9.73 Å². The van der Waals surface area contributed by atoms with Crippen LogP contribution in [0, 0.1) is 6.92 Å². The Morgan fingerprint density at radius 3 is 2.90 bits per heavy atom. The van der Waals surface area contributed by atoms with E-state index in [-0.39, 0.29) is 0 Å². The summed E-state index contributed by atoms with van der Waals surface area (Å²) in [6, 6.07) is 6.32. The predicted octanol–water partition coefficient (Wildman–Crippen LogP) is 3.40. The number of guanidine groups is 1. The zero-order valence-corrected chi connectivity index (χ0v) is 18.7. The molecule has 0 radical (unpaired) electrons. The Balaban J connectivity index is 1.60. The molecular weight excluding hydrogens is 376 g/mol. The van der Waals surface area contributed by atoms with Gasteiger partial charge in [0.1, 0.15) is 17.4 Å². The van der Waals surface area contributed by atoms with Gasteiger partial charge in [-0.15, -0.1) is 10.2 Å². The van der Waals surface area contributed by atoms with Gasteiger partial charge in [-0.3, -0.25) is 0 Å². The number of aromatic nitrogens is 3. The van der Waals surface area contributed by atoms with Crippen molar-refractivity contribution in [1.82, 2.24) is 25.4 Å². The molecule has 0 fully saturated rings. The van der Waals surface area contributed by atoms with Crippen LogP contribution in [0.25, 0.3) is 0 Å². The lowest BCUT2D eigenvalue weighted by Gasteiger charge is -2.14. The Hall–Kier alpha value is -2.57. The third-order valence-corrected chi connectivity index (χ3v) is 5.26. The molecule has 0 bridgehead atoms. The maximum Gasteiger partial charge on any atom is 0.191 e. The van der Waals surface area contributed by atoms with Gasteiger partial charge in [0.25, 0.3) is 0 Å². The van der Waals surface area contributed by atoms with Crippen molar-refractivity contribution in [3.05, 3.63) is 41.0 Å². The number of hydrogen-bond acceptors (Lipinski definition) is 4. The lowest BCUT2D eigenvalue weighted by atomic mass is 10.1. The molecule has 2 aromatic rings. The number of benzene rings is 1. The van der Waals surface area contributed by atoms with Crippen LogP contribution < -0.4 is 15.4 Å². The average Bonchev–Trinajstić information content (AvgIpc) is 2.97. The fourth-order valence-corrected chi connectivity index (χ4v) is 3.67. The topological polar surface area (TPSA) is 76.4 Å². The molecular formula is C23H36N6O. The molecule has 0 saturated carbocycles. The number of rotatable bonds is 9. The van der Waals surface area contributed by atoms with Crippen molar-refractivity contribution in [2.45, 2.75) is 72.4 Å². The molecule has 0 unspecified atom stereocenters. The number of nitrogens with zero attached hydrogens (tertiary/aromatic N) is 4. The molecule has 1 aromatic heterocycles. The Morgan fingerprint density at radius 1 is 1.17 bits per heavy atom. The first-order valence-corrected chi connectivity index (χ1v) is 11.4. The highest BCUT2D eigenvalue weighted by atomic mass is 16.5. The molecule has 7 nitrogen and oxygen atoms in total. The molecule has 0 spiro atoms. The maximum atomic E-state index is 5.92. The molecule has 2 N–H and O–H groups in total. The number of nitrogens with one attached hydrogen (secondary N) is 2. The summed E-state index contributed by atoms with van der Waals surface area (Å²) in [4.78, 5) is 4.78. The second-order valence-electron chi connectivity index (χ2n) is 7.83. The highest BCUT2D eigenvalue weighted by molar-refractivity contribution is 5.79. The Morgan fingerprint density at radius 2 is 2.07 bits per heavy atom. The van der Waals surface area contributed by atoms with Crippen LogP contribution >= 0.6 is 0 Å². The number of aryl methyl sites for hydroxylation is 2. The van der Waals surface area contributed by atoms with Crippen LogP contribution in [-0.2, 0) is 25.9 Å². The van der Waals surface area contributed by atoms with E-state index in [1.54, 1.807) is 0 Å². The van der Waals surface area contributed by atoms with E-state index >= 15 is 0 Å². The molecule has 0 saturated heterocycles. The molecule has 2 heterocycles. The lowest BCUT2D eigenvalue weighted by Crippen LogP contribution is -2.38. The first kappa shape index (κ1) is 22.1. The zero-order valence-electron chi connectivity index (χ0n) is 18.7. The second kappa shape index (κ2) is 11.6. The van der Waals surface area contributed by atoms with Crippen LogP contribution in [-0.4, -0.2) is 40.4 Å². The first-order valence-electron chi connectivity index (χ1n) is 11.4. The van der Waals surface area contributed by atoms with Gasteiger partial charge in [0.15, 0.2) is 5.96 Å². The van der Waals surface area contributed by atoms with E-state index in [1.807, 2.05) is 0 Å². The summed E-state index contributed by atoms with van der Waals surface area (Å²) >= 11 is 0. The van der Waals surface area contributed by atoms with Crippen molar-refractivity contribution in [2.24, 2.45) is 4.99 Å². The van der Waals surface area contributed by atoms with Crippen LogP contribution in [0.5, 0.6) is 5.75 Å². The fraction of sp³-hybridized carbons (Fsp3) is 0.609. The molecule has 0 atom stereocenters. The van der Waals surface area contributed by atoms with Gasteiger partial charge in [0.05, 0.1) is 13.2 Å². The maximum absolute atomic E-state index is 5.92. The smallest absolute Gasteiger partial charge is 0.191 e. The molecule has 3 rings (SSSR count). The molecule has 30 heavy (non-hydrogen) atoms. The normalized spacial score (nSPS) is 14.2. The van der Waals surface area contributed by atoms with Crippen molar-refractivity contribution in [2.75, 3.05) is 19.7 Å². The number of aliphatic imine (C=N–C) groups is 1. The summed E-state index contributed by atoms with van der Waals surface area (Å²) in [5, 5.41) is 15.6. The molecule has 164 valence electrons. The zero-order chi connectivity index (χ0) is 21.2. The monoisotopic (exact) mass is 412 g/mol. The third-order valence-electron chi connectivity index (χ3n) is 5.26. The molecule has 1 aromatic carbocycles. The minimum absolute atomic E-state index is 0.578. The summed E-state index contributed by atoms with van der Waals surface area (Å²) in [5.41, 5.74) is 2.31. The van der Waals surface area contributed by atoms with Gasteiger partial charge in [-0.05, 0) is 44.7 Å². The van der Waals surface area contributed by atoms with Gasteiger partial charge >= 0.3 is 0 Å². The summed E-state index contributed by atoms with van der Waals surface area (Å²) in [7, 11) is 0. The SMILES string of the molecule is CCCOc1cc(C)ccc1CN=C(NCC)NCCc1nnc2n1CCCCC2. The van der Waals surface area contributed by atoms with E-state index in [0.717, 1.165) is 74.4 Å². The average molecular weight is 413 g/mol. The van der Waals surface area contributed by atoms with Gasteiger partial charge < -0.3 is 19.9 Å². The van der Waals surface area contributed by atoms with Gasteiger partial charge in [0.2, 0.25) is 0 Å². The standard InChI is InChI=1S/C23H36N6O/c1-4-15-30-20-16-18(3)10-11-19(20)17-26-23(24-5-2)25-13-12-22-28-27-21-9-7-6-8-14-29(21)22/h10-11,16H,4-9,12-15,17H2,1-3H3,(H2,24,25,26). The minimum Gasteiger partial charge on any atom is -0.493 e. The molecule has 0 amide bonds. The highest BCUT2D eigenvalue weighted by Gasteiger charge is 2.14.